The van der Waals surface area contributed by atoms with Gasteiger partial charge in [-0.05, 0) is 35.0 Å². The van der Waals surface area contributed by atoms with Crippen molar-refractivity contribution in [2.75, 3.05) is 12.4 Å². The van der Waals surface area contributed by atoms with E-state index in [0.29, 0.717) is 17.1 Å². The SMILES string of the molecule is COc1cc(NC(=O)C(C)(N)C(F)(F)F)ccc1Br. The minimum Gasteiger partial charge on any atom is -0.495 e. The molecule has 0 aliphatic heterocycles. The van der Waals surface area contributed by atoms with Crippen LogP contribution < -0.4 is 15.8 Å². The molecule has 0 aromatic heterocycles. The van der Waals surface area contributed by atoms with Crippen LogP contribution in [0.5, 0.6) is 5.75 Å². The first-order valence-corrected chi connectivity index (χ1v) is 5.89. The summed E-state index contributed by atoms with van der Waals surface area (Å²) >= 11 is 3.19. The Labute approximate surface area is 116 Å². The highest BCUT2D eigenvalue weighted by Crippen LogP contribution is 2.31. The lowest BCUT2D eigenvalue weighted by atomic mass is 10.0. The molecule has 1 aromatic carbocycles. The molecule has 0 heterocycles. The van der Waals surface area contributed by atoms with Crippen molar-refractivity contribution >= 4 is 27.5 Å². The van der Waals surface area contributed by atoms with E-state index in [2.05, 4.69) is 21.2 Å². The van der Waals surface area contributed by atoms with Gasteiger partial charge >= 0.3 is 6.18 Å². The Kier molecular flexibility index (Phi) is 4.46. The molecule has 106 valence electrons. The van der Waals surface area contributed by atoms with Crippen LogP contribution in [0.2, 0.25) is 0 Å². The first kappa shape index (κ1) is 15.8. The Hall–Kier alpha value is -1.28. The van der Waals surface area contributed by atoms with E-state index < -0.39 is 17.6 Å². The molecule has 8 heteroatoms. The second-order valence-electron chi connectivity index (χ2n) is 4.00. The number of benzene rings is 1. The quantitative estimate of drug-likeness (QED) is 0.889. The van der Waals surface area contributed by atoms with Crippen molar-refractivity contribution in [2.45, 2.75) is 18.6 Å². The minimum atomic E-state index is -4.84. The standard InChI is InChI=1S/C11H12BrF3N2O2/c1-10(16,11(13,14)15)9(18)17-6-3-4-7(12)8(5-6)19-2/h3-5H,16H2,1-2H3,(H,17,18). The molecule has 0 radical (unpaired) electrons. The molecular weight excluding hydrogens is 329 g/mol. The zero-order chi connectivity index (χ0) is 14.8. The number of hydrogen-bond acceptors (Lipinski definition) is 3. The van der Waals surface area contributed by atoms with Crippen LogP contribution in [-0.2, 0) is 4.79 Å². The van der Waals surface area contributed by atoms with Crippen molar-refractivity contribution in [1.82, 2.24) is 0 Å². The van der Waals surface area contributed by atoms with Crippen LogP contribution in [0.4, 0.5) is 18.9 Å². The van der Waals surface area contributed by atoms with Gasteiger partial charge in [-0.15, -0.1) is 0 Å². The van der Waals surface area contributed by atoms with Gasteiger partial charge in [-0.1, -0.05) is 0 Å². The number of ether oxygens (including phenoxy) is 1. The number of nitrogens with two attached hydrogens (primary N) is 1. The fourth-order valence-corrected chi connectivity index (χ4v) is 1.54. The summed E-state index contributed by atoms with van der Waals surface area (Å²) in [5, 5.41) is 2.11. The van der Waals surface area contributed by atoms with E-state index in [0.717, 1.165) is 0 Å². The van der Waals surface area contributed by atoms with E-state index in [4.69, 9.17) is 10.5 Å². The summed E-state index contributed by atoms with van der Waals surface area (Å²) in [5.41, 5.74) is 2.20. The van der Waals surface area contributed by atoms with E-state index in [9.17, 15) is 18.0 Å². The molecule has 1 rings (SSSR count). The number of anilines is 1. The van der Waals surface area contributed by atoms with Gasteiger partial charge in [-0.2, -0.15) is 13.2 Å². The average molecular weight is 341 g/mol. The Morgan fingerprint density at radius 3 is 2.47 bits per heavy atom. The number of hydrogen-bond donors (Lipinski definition) is 2. The lowest BCUT2D eigenvalue weighted by Gasteiger charge is -2.26. The summed E-state index contributed by atoms with van der Waals surface area (Å²) in [4.78, 5) is 11.6. The summed E-state index contributed by atoms with van der Waals surface area (Å²) in [6.07, 6.45) is -4.84. The molecule has 19 heavy (non-hydrogen) atoms. The van der Waals surface area contributed by atoms with E-state index in [-0.39, 0.29) is 5.69 Å². The van der Waals surface area contributed by atoms with Crippen molar-refractivity contribution in [2.24, 2.45) is 5.73 Å². The second kappa shape index (κ2) is 5.38. The van der Waals surface area contributed by atoms with Crippen molar-refractivity contribution in [3.05, 3.63) is 22.7 Å². The number of carbonyl (C=O) groups excluding carboxylic acids is 1. The summed E-state index contributed by atoms with van der Waals surface area (Å²) in [5.74, 6) is -0.965. The molecule has 0 bridgehead atoms. The Balaban J connectivity index is 2.95. The molecule has 0 fully saturated rings. The molecule has 1 aromatic rings. The fourth-order valence-electron chi connectivity index (χ4n) is 1.13. The molecule has 4 nitrogen and oxygen atoms in total. The number of nitrogens with one attached hydrogen (secondary N) is 1. The molecule has 0 aliphatic rings. The number of methoxy groups -OCH3 is 1. The van der Waals surface area contributed by atoms with Gasteiger partial charge in [-0.25, -0.2) is 0 Å². The first-order valence-electron chi connectivity index (χ1n) is 5.10. The zero-order valence-electron chi connectivity index (χ0n) is 10.1. The number of rotatable bonds is 3. The Morgan fingerprint density at radius 1 is 1.42 bits per heavy atom. The third-order valence-corrected chi connectivity index (χ3v) is 3.12. The minimum absolute atomic E-state index is 0.158. The highest BCUT2D eigenvalue weighted by Gasteiger charge is 2.53. The third-order valence-electron chi connectivity index (χ3n) is 2.47. The predicted octanol–water partition coefficient (Wildman–Crippen LogP) is 2.68. The predicted molar refractivity (Wildman–Crippen MR) is 68.0 cm³/mol. The summed E-state index contributed by atoms with van der Waals surface area (Å²) in [7, 11) is 1.40. The van der Waals surface area contributed by atoms with E-state index in [1.54, 1.807) is 0 Å². The fraction of sp³-hybridized carbons (Fsp3) is 0.364. The topological polar surface area (TPSA) is 64.3 Å². The third kappa shape index (κ3) is 3.38. The van der Waals surface area contributed by atoms with Gasteiger partial charge in [0, 0.05) is 11.8 Å². The maximum Gasteiger partial charge on any atom is 0.415 e. The van der Waals surface area contributed by atoms with Crippen LogP contribution in [0, 0.1) is 0 Å². The lowest BCUT2D eigenvalue weighted by Crippen LogP contribution is -2.59. The molecule has 1 atom stereocenters. The maximum atomic E-state index is 12.6. The van der Waals surface area contributed by atoms with Gasteiger partial charge < -0.3 is 15.8 Å². The van der Waals surface area contributed by atoms with Crippen LogP contribution >= 0.6 is 15.9 Å². The molecular formula is C11H12BrF3N2O2. The van der Waals surface area contributed by atoms with Gasteiger partial charge in [0.05, 0.1) is 11.6 Å². The lowest BCUT2D eigenvalue weighted by molar-refractivity contribution is -0.184. The van der Waals surface area contributed by atoms with Crippen molar-refractivity contribution in [3.63, 3.8) is 0 Å². The highest BCUT2D eigenvalue weighted by atomic mass is 79.9. The highest BCUT2D eigenvalue weighted by molar-refractivity contribution is 9.10. The second-order valence-corrected chi connectivity index (χ2v) is 4.86. The van der Waals surface area contributed by atoms with E-state index >= 15 is 0 Å². The van der Waals surface area contributed by atoms with Crippen LogP contribution in [0.25, 0.3) is 0 Å². The summed E-state index contributed by atoms with van der Waals surface area (Å²) < 4.78 is 43.3. The monoisotopic (exact) mass is 340 g/mol. The molecule has 3 N–H and O–H groups in total. The molecule has 0 saturated heterocycles. The van der Waals surface area contributed by atoms with Crippen LogP contribution in [0.1, 0.15) is 6.92 Å². The summed E-state index contributed by atoms with van der Waals surface area (Å²) in [6.45, 7) is 0.610. The first-order chi connectivity index (χ1) is 8.59. The average Bonchev–Trinajstić information content (AvgIpc) is 2.30. The van der Waals surface area contributed by atoms with Gasteiger partial charge in [0.1, 0.15) is 5.75 Å². The Bertz CT molecular complexity index is 489. The number of halogens is 4. The van der Waals surface area contributed by atoms with Crippen LogP contribution in [0.3, 0.4) is 0 Å². The van der Waals surface area contributed by atoms with Gasteiger partial charge in [0.2, 0.25) is 0 Å². The van der Waals surface area contributed by atoms with E-state index in [1.807, 2.05) is 0 Å². The maximum absolute atomic E-state index is 12.6. The van der Waals surface area contributed by atoms with Crippen LogP contribution in [0.15, 0.2) is 22.7 Å². The van der Waals surface area contributed by atoms with Crippen molar-refractivity contribution < 1.29 is 22.7 Å². The van der Waals surface area contributed by atoms with Gasteiger partial charge in [0.25, 0.3) is 5.91 Å². The van der Waals surface area contributed by atoms with Crippen LogP contribution in [-0.4, -0.2) is 24.7 Å². The smallest absolute Gasteiger partial charge is 0.415 e. The van der Waals surface area contributed by atoms with Gasteiger partial charge in [-0.3, -0.25) is 4.79 Å². The molecule has 1 amide bonds. The molecule has 0 spiro atoms. The molecule has 0 aliphatic carbocycles. The van der Waals surface area contributed by atoms with Gasteiger partial charge in [0.15, 0.2) is 5.54 Å². The normalized spacial score (nSPS) is 14.7. The van der Waals surface area contributed by atoms with Crippen molar-refractivity contribution in [3.8, 4) is 5.75 Å². The Morgan fingerprint density at radius 2 is 2.00 bits per heavy atom. The number of alkyl halides is 3. The molecule has 1 unspecified atom stereocenters. The molecule has 0 saturated carbocycles. The van der Waals surface area contributed by atoms with E-state index in [1.165, 1.54) is 25.3 Å². The zero-order valence-corrected chi connectivity index (χ0v) is 11.7. The number of carbonyl (C=O) groups is 1. The van der Waals surface area contributed by atoms with Crippen molar-refractivity contribution in [1.29, 1.82) is 0 Å². The summed E-state index contributed by atoms with van der Waals surface area (Å²) in [6, 6.07) is 4.35. The largest absolute Gasteiger partial charge is 0.495 e. The number of amides is 1.